The second-order valence-corrected chi connectivity index (χ2v) is 3.20. The average Bonchev–Trinajstić information content (AvgIpc) is 3.00. The first-order valence-electron chi connectivity index (χ1n) is 4.73. The highest BCUT2D eigenvalue weighted by Gasteiger charge is 2.47. The molecule has 0 aliphatic carbocycles. The molecule has 0 bridgehead atoms. The van der Waals surface area contributed by atoms with Crippen molar-refractivity contribution in [3.63, 3.8) is 0 Å². The van der Waals surface area contributed by atoms with Crippen molar-refractivity contribution in [2.75, 3.05) is 20.3 Å². The lowest BCUT2D eigenvalue weighted by Crippen LogP contribution is -2.13. The summed E-state index contributed by atoms with van der Waals surface area (Å²) in [6, 6.07) is 7.78. The fourth-order valence-corrected chi connectivity index (χ4v) is 1.48. The third-order valence-corrected chi connectivity index (χ3v) is 2.31. The van der Waals surface area contributed by atoms with Crippen LogP contribution >= 0.6 is 0 Å². The molecule has 76 valence electrons. The minimum Gasteiger partial charge on any atom is -0.497 e. The van der Waals surface area contributed by atoms with Crippen LogP contribution < -0.4 is 4.74 Å². The van der Waals surface area contributed by atoms with Gasteiger partial charge < -0.3 is 14.2 Å². The van der Waals surface area contributed by atoms with E-state index in [4.69, 9.17) is 14.2 Å². The standard InChI is InChI=1S/C11H14O3/c1-3-13-11(8-14-11)9-4-6-10(12-2)7-5-9/h4-7H,3,8H2,1-2H3. The van der Waals surface area contributed by atoms with Crippen LogP contribution in [0.2, 0.25) is 0 Å². The zero-order valence-electron chi connectivity index (χ0n) is 8.45. The molecule has 14 heavy (non-hydrogen) atoms. The Kier molecular flexibility index (Phi) is 2.44. The monoisotopic (exact) mass is 194 g/mol. The fraction of sp³-hybridized carbons (Fsp3) is 0.455. The van der Waals surface area contributed by atoms with Gasteiger partial charge >= 0.3 is 0 Å². The number of rotatable bonds is 4. The summed E-state index contributed by atoms with van der Waals surface area (Å²) < 4.78 is 16.0. The molecule has 3 heteroatoms. The number of hydrogen-bond acceptors (Lipinski definition) is 3. The van der Waals surface area contributed by atoms with E-state index in [-0.39, 0.29) is 0 Å². The van der Waals surface area contributed by atoms with Gasteiger partial charge in [0.05, 0.1) is 7.11 Å². The molecule has 1 atom stereocenters. The molecule has 3 nitrogen and oxygen atoms in total. The fourth-order valence-electron chi connectivity index (χ4n) is 1.48. The lowest BCUT2D eigenvalue weighted by Gasteiger charge is -2.12. The molecular formula is C11H14O3. The molecule has 0 spiro atoms. The number of epoxide rings is 1. The molecule has 0 N–H and O–H groups in total. The van der Waals surface area contributed by atoms with Crippen LogP contribution in [0.4, 0.5) is 0 Å². The van der Waals surface area contributed by atoms with Crippen molar-refractivity contribution in [3.05, 3.63) is 29.8 Å². The van der Waals surface area contributed by atoms with Gasteiger partial charge in [0.1, 0.15) is 12.4 Å². The van der Waals surface area contributed by atoms with Crippen LogP contribution in [-0.4, -0.2) is 20.3 Å². The van der Waals surface area contributed by atoms with Gasteiger partial charge in [-0.2, -0.15) is 0 Å². The minimum atomic E-state index is -0.471. The Bertz CT molecular complexity index is 301. The van der Waals surface area contributed by atoms with E-state index in [0.29, 0.717) is 13.2 Å². The highest BCUT2D eigenvalue weighted by molar-refractivity contribution is 5.31. The van der Waals surface area contributed by atoms with Crippen molar-refractivity contribution in [1.82, 2.24) is 0 Å². The van der Waals surface area contributed by atoms with Crippen molar-refractivity contribution in [1.29, 1.82) is 0 Å². The van der Waals surface area contributed by atoms with Gasteiger partial charge in [0.25, 0.3) is 0 Å². The van der Waals surface area contributed by atoms with E-state index in [0.717, 1.165) is 11.3 Å². The summed E-state index contributed by atoms with van der Waals surface area (Å²) in [5, 5.41) is 0. The third-order valence-electron chi connectivity index (χ3n) is 2.31. The van der Waals surface area contributed by atoms with Crippen molar-refractivity contribution in [2.24, 2.45) is 0 Å². The first kappa shape index (κ1) is 9.49. The van der Waals surface area contributed by atoms with Gasteiger partial charge in [-0.25, -0.2) is 0 Å². The number of methoxy groups -OCH3 is 1. The zero-order valence-corrected chi connectivity index (χ0v) is 8.45. The predicted molar refractivity (Wildman–Crippen MR) is 52.3 cm³/mol. The van der Waals surface area contributed by atoms with E-state index < -0.39 is 5.79 Å². The van der Waals surface area contributed by atoms with E-state index in [1.165, 1.54) is 0 Å². The Morgan fingerprint density at radius 1 is 1.36 bits per heavy atom. The molecule has 1 saturated heterocycles. The van der Waals surface area contributed by atoms with Gasteiger partial charge in [-0.1, -0.05) is 0 Å². The molecule has 1 aromatic rings. The highest BCUT2D eigenvalue weighted by Crippen LogP contribution is 2.40. The summed E-state index contributed by atoms with van der Waals surface area (Å²) in [5.74, 6) is 0.377. The SMILES string of the molecule is CCOC1(c2ccc(OC)cc2)CO1. The summed E-state index contributed by atoms with van der Waals surface area (Å²) >= 11 is 0. The molecule has 0 aromatic heterocycles. The second kappa shape index (κ2) is 3.59. The van der Waals surface area contributed by atoms with E-state index >= 15 is 0 Å². The number of benzene rings is 1. The Balaban J connectivity index is 2.16. The molecule has 1 heterocycles. The summed E-state index contributed by atoms with van der Waals surface area (Å²) in [6.45, 7) is 3.27. The van der Waals surface area contributed by atoms with E-state index in [2.05, 4.69) is 0 Å². The maximum Gasteiger partial charge on any atom is 0.219 e. The summed E-state index contributed by atoms with van der Waals surface area (Å²) in [4.78, 5) is 0. The smallest absolute Gasteiger partial charge is 0.219 e. The first-order chi connectivity index (χ1) is 6.80. The maximum absolute atomic E-state index is 5.54. The second-order valence-electron chi connectivity index (χ2n) is 3.20. The molecule has 1 fully saturated rings. The largest absolute Gasteiger partial charge is 0.497 e. The van der Waals surface area contributed by atoms with Crippen LogP contribution in [0.25, 0.3) is 0 Å². The van der Waals surface area contributed by atoms with Crippen molar-refractivity contribution in [2.45, 2.75) is 12.7 Å². The van der Waals surface area contributed by atoms with Gasteiger partial charge in [0, 0.05) is 12.2 Å². The Morgan fingerprint density at radius 3 is 2.43 bits per heavy atom. The predicted octanol–water partition coefficient (Wildman–Crippen LogP) is 1.91. The third kappa shape index (κ3) is 1.61. The van der Waals surface area contributed by atoms with Crippen LogP contribution in [0, 0.1) is 0 Å². The highest BCUT2D eigenvalue weighted by atomic mass is 16.8. The normalized spacial score (nSPS) is 24.7. The summed E-state index contributed by atoms with van der Waals surface area (Å²) in [6.07, 6.45) is 0. The Morgan fingerprint density at radius 2 is 2.00 bits per heavy atom. The van der Waals surface area contributed by atoms with E-state index in [1.54, 1.807) is 7.11 Å². The van der Waals surface area contributed by atoms with E-state index in [1.807, 2.05) is 31.2 Å². The minimum absolute atomic E-state index is 0.471. The molecule has 1 aliphatic heterocycles. The maximum atomic E-state index is 5.54. The van der Waals surface area contributed by atoms with Crippen LogP contribution in [-0.2, 0) is 15.3 Å². The lowest BCUT2D eigenvalue weighted by molar-refractivity contribution is -0.0416. The van der Waals surface area contributed by atoms with Crippen LogP contribution in [0.1, 0.15) is 12.5 Å². The molecule has 2 rings (SSSR count). The Hall–Kier alpha value is -1.06. The van der Waals surface area contributed by atoms with E-state index in [9.17, 15) is 0 Å². The quantitative estimate of drug-likeness (QED) is 0.686. The average molecular weight is 194 g/mol. The number of ether oxygens (including phenoxy) is 3. The van der Waals surface area contributed by atoms with Crippen molar-refractivity contribution in [3.8, 4) is 5.75 Å². The van der Waals surface area contributed by atoms with Gasteiger partial charge in [0.15, 0.2) is 0 Å². The first-order valence-corrected chi connectivity index (χ1v) is 4.73. The molecule has 1 aromatic carbocycles. The topological polar surface area (TPSA) is 31.0 Å². The molecule has 1 unspecified atom stereocenters. The molecular weight excluding hydrogens is 180 g/mol. The van der Waals surface area contributed by atoms with Crippen molar-refractivity contribution >= 4 is 0 Å². The summed E-state index contributed by atoms with van der Waals surface area (Å²) in [7, 11) is 1.65. The molecule has 0 radical (unpaired) electrons. The number of hydrogen-bond donors (Lipinski definition) is 0. The van der Waals surface area contributed by atoms with Gasteiger partial charge in [-0.05, 0) is 31.2 Å². The van der Waals surface area contributed by atoms with Crippen LogP contribution in [0.5, 0.6) is 5.75 Å². The lowest BCUT2D eigenvalue weighted by atomic mass is 10.1. The molecule has 0 saturated carbocycles. The van der Waals surface area contributed by atoms with Gasteiger partial charge in [-0.15, -0.1) is 0 Å². The van der Waals surface area contributed by atoms with Gasteiger partial charge in [0.2, 0.25) is 5.79 Å². The zero-order chi connectivity index (χ0) is 10.0. The van der Waals surface area contributed by atoms with Crippen LogP contribution in [0.15, 0.2) is 24.3 Å². The summed E-state index contributed by atoms with van der Waals surface area (Å²) in [5.41, 5.74) is 1.06. The Labute approximate surface area is 83.6 Å². The molecule has 1 aliphatic rings. The van der Waals surface area contributed by atoms with Gasteiger partial charge in [-0.3, -0.25) is 0 Å². The van der Waals surface area contributed by atoms with Crippen LogP contribution in [0.3, 0.4) is 0 Å². The molecule has 0 amide bonds. The van der Waals surface area contributed by atoms with Crippen molar-refractivity contribution < 1.29 is 14.2 Å².